The highest BCUT2D eigenvalue weighted by atomic mass is 16.4. The molecule has 0 unspecified atom stereocenters. The van der Waals surface area contributed by atoms with Crippen LogP contribution in [0.4, 0.5) is 5.69 Å². The van der Waals surface area contributed by atoms with E-state index in [0.717, 1.165) is 0 Å². The topological polar surface area (TPSA) is 86.6 Å². The Morgan fingerprint density at radius 3 is 2.71 bits per heavy atom. The zero-order valence-corrected chi connectivity index (χ0v) is 7.23. The van der Waals surface area contributed by atoms with E-state index in [0.29, 0.717) is 17.7 Å². The molecular formula is C9H9NO4. The molecule has 5 heteroatoms. The molecule has 0 aromatic heterocycles. The van der Waals surface area contributed by atoms with Crippen LogP contribution < -0.4 is 5.32 Å². The lowest BCUT2D eigenvalue weighted by Gasteiger charge is -2.04. The highest BCUT2D eigenvalue weighted by molar-refractivity contribution is 5.75. The minimum atomic E-state index is -1.02. The summed E-state index contributed by atoms with van der Waals surface area (Å²) in [4.78, 5) is 20.4. The number of benzene rings is 1. The zero-order chi connectivity index (χ0) is 10.6. The second kappa shape index (κ2) is 4.27. The van der Waals surface area contributed by atoms with Crippen molar-refractivity contribution in [2.75, 3.05) is 5.32 Å². The molecule has 0 fully saturated rings. The van der Waals surface area contributed by atoms with Crippen molar-refractivity contribution in [1.82, 2.24) is 0 Å². The number of carbonyl (C=O) groups excluding carboxylic acids is 1. The first-order valence-corrected chi connectivity index (χ1v) is 3.87. The fourth-order valence-electron chi connectivity index (χ4n) is 1.03. The van der Waals surface area contributed by atoms with E-state index in [9.17, 15) is 14.7 Å². The summed E-state index contributed by atoms with van der Waals surface area (Å²) in [5.74, 6) is -1.16. The standard InChI is InChI=1S/C9H9NO4/c11-5-10-7-2-1-6(3-9(13)14)8(12)4-7/h1-2,4-5,12H,3H2,(H,10,11)(H,13,14). The first kappa shape index (κ1) is 10.0. The van der Waals surface area contributed by atoms with Gasteiger partial charge in [0.15, 0.2) is 0 Å². The largest absolute Gasteiger partial charge is 0.508 e. The second-order valence-corrected chi connectivity index (χ2v) is 2.68. The van der Waals surface area contributed by atoms with Gasteiger partial charge in [0.05, 0.1) is 6.42 Å². The van der Waals surface area contributed by atoms with Gasteiger partial charge in [0.25, 0.3) is 0 Å². The maximum atomic E-state index is 10.3. The molecule has 0 heterocycles. The molecule has 0 aliphatic heterocycles. The maximum absolute atomic E-state index is 10.3. The third-order valence-electron chi connectivity index (χ3n) is 1.65. The summed E-state index contributed by atoms with van der Waals surface area (Å²) in [7, 11) is 0. The highest BCUT2D eigenvalue weighted by Gasteiger charge is 2.06. The van der Waals surface area contributed by atoms with Crippen molar-refractivity contribution in [3.05, 3.63) is 23.8 Å². The second-order valence-electron chi connectivity index (χ2n) is 2.68. The van der Waals surface area contributed by atoms with Gasteiger partial charge in [0, 0.05) is 17.3 Å². The number of hydrogen-bond acceptors (Lipinski definition) is 3. The number of carbonyl (C=O) groups is 2. The molecule has 5 nitrogen and oxygen atoms in total. The first-order chi connectivity index (χ1) is 6.63. The Morgan fingerprint density at radius 1 is 1.50 bits per heavy atom. The fraction of sp³-hybridized carbons (Fsp3) is 0.111. The van der Waals surface area contributed by atoms with Gasteiger partial charge in [0.1, 0.15) is 5.75 Å². The highest BCUT2D eigenvalue weighted by Crippen LogP contribution is 2.21. The van der Waals surface area contributed by atoms with Gasteiger partial charge in [-0.1, -0.05) is 6.07 Å². The molecule has 0 radical (unpaired) electrons. The van der Waals surface area contributed by atoms with E-state index >= 15 is 0 Å². The lowest BCUT2D eigenvalue weighted by molar-refractivity contribution is -0.136. The summed E-state index contributed by atoms with van der Waals surface area (Å²) < 4.78 is 0. The third-order valence-corrected chi connectivity index (χ3v) is 1.65. The number of phenolic OH excluding ortho intramolecular Hbond substituents is 1. The molecule has 1 amide bonds. The molecule has 1 aromatic carbocycles. The van der Waals surface area contributed by atoms with Crippen molar-refractivity contribution in [2.24, 2.45) is 0 Å². The van der Waals surface area contributed by atoms with E-state index < -0.39 is 5.97 Å². The van der Waals surface area contributed by atoms with E-state index in [4.69, 9.17) is 5.11 Å². The van der Waals surface area contributed by atoms with Crippen LogP contribution in [0.15, 0.2) is 18.2 Å². The summed E-state index contributed by atoms with van der Waals surface area (Å²) in [5.41, 5.74) is 0.737. The Bertz CT molecular complexity index is 362. The van der Waals surface area contributed by atoms with Crippen LogP contribution in [0.25, 0.3) is 0 Å². The predicted octanol–water partition coefficient (Wildman–Crippen LogP) is 0.588. The summed E-state index contributed by atoms with van der Waals surface area (Å²) in [6, 6.07) is 4.27. The number of rotatable bonds is 4. The first-order valence-electron chi connectivity index (χ1n) is 3.87. The van der Waals surface area contributed by atoms with Crippen molar-refractivity contribution in [3.8, 4) is 5.75 Å². The van der Waals surface area contributed by atoms with Crippen molar-refractivity contribution >= 4 is 18.1 Å². The number of amides is 1. The van der Waals surface area contributed by atoms with Gasteiger partial charge in [-0.15, -0.1) is 0 Å². The molecule has 14 heavy (non-hydrogen) atoms. The van der Waals surface area contributed by atoms with Gasteiger partial charge < -0.3 is 15.5 Å². The molecule has 1 rings (SSSR count). The number of aromatic hydroxyl groups is 1. The lowest BCUT2D eigenvalue weighted by Crippen LogP contribution is -2.01. The molecule has 0 aliphatic carbocycles. The Labute approximate surface area is 80.0 Å². The van der Waals surface area contributed by atoms with Gasteiger partial charge in [-0.25, -0.2) is 0 Å². The molecule has 1 aromatic rings. The molecule has 0 aliphatic rings. The predicted molar refractivity (Wildman–Crippen MR) is 49.1 cm³/mol. The zero-order valence-electron chi connectivity index (χ0n) is 7.23. The average molecular weight is 195 g/mol. The number of carboxylic acid groups (broad SMARTS) is 1. The van der Waals surface area contributed by atoms with Gasteiger partial charge >= 0.3 is 5.97 Å². The van der Waals surface area contributed by atoms with E-state index in [1.165, 1.54) is 18.2 Å². The summed E-state index contributed by atoms with van der Waals surface area (Å²) >= 11 is 0. The van der Waals surface area contributed by atoms with Crippen molar-refractivity contribution < 1.29 is 19.8 Å². The van der Waals surface area contributed by atoms with Crippen LogP contribution in [-0.2, 0) is 16.0 Å². The molecule has 0 bridgehead atoms. The van der Waals surface area contributed by atoms with E-state index in [-0.39, 0.29) is 12.2 Å². The number of hydrogen-bond donors (Lipinski definition) is 3. The molecule has 74 valence electrons. The molecular weight excluding hydrogens is 186 g/mol. The van der Waals surface area contributed by atoms with Crippen LogP contribution in [0.3, 0.4) is 0 Å². The van der Waals surface area contributed by atoms with E-state index in [1.54, 1.807) is 0 Å². The van der Waals surface area contributed by atoms with Crippen LogP contribution in [-0.4, -0.2) is 22.6 Å². The quantitative estimate of drug-likeness (QED) is 0.613. The molecule has 0 saturated carbocycles. The maximum Gasteiger partial charge on any atom is 0.307 e. The Morgan fingerprint density at radius 2 is 2.21 bits per heavy atom. The summed E-state index contributed by atoms with van der Waals surface area (Å²) in [5, 5.41) is 20.2. The minimum absolute atomic E-state index is 0.140. The van der Waals surface area contributed by atoms with Gasteiger partial charge in [-0.05, 0) is 6.07 Å². The SMILES string of the molecule is O=CNc1ccc(CC(=O)O)c(O)c1. The molecule has 0 saturated heterocycles. The van der Waals surface area contributed by atoms with Gasteiger partial charge in [0.2, 0.25) is 6.41 Å². The van der Waals surface area contributed by atoms with Crippen LogP contribution in [0.5, 0.6) is 5.75 Å². The van der Waals surface area contributed by atoms with Crippen LogP contribution >= 0.6 is 0 Å². The Kier molecular flexibility index (Phi) is 3.06. The summed E-state index contributed by atoms with van der Waals surface area (Å²) in [6.45, 7) is 0. The number of carboxylic acids is 1. The van der Waals surface area contributed by atoms with Crippen molar-refractivity contribution in [1.29, 1.82) is 0 Å². The van der Waals surface area contributed by atoms with E-state index in [1.807, 2.05) is 0 Å². The monoisotopic (exact) mass is 195 g/mol. The Balaban J connectivity index is 2.89. The normalized spacial score (nSPS) is 9.43. The van der Waals surface area contributed by atoms with Crippen LogP contribution in [0.1, 0.15) is 5.56 Å². The number of nitrogens with one attached hydrogen (secondary N) is 1. The third kappa shape index (κ3) is 2.48. The van der Waals surface area contributed by atoms with Gasteiger partial charge in [-0.2, -0.15) is 0 Å². The fourth-order valence-corrected chi connectivity index (χ4v) is 1.03. The number of anilines is 1. The van der Waals surface area contributed by atoms with Crippen LogP contribution in [0, 0.1) is 0 Å². The lowest BCUT2D eigenvalue weighted by atomic mass is 10.1. The number of phenols is 1. The molecule has 3 N–H and O–H groups in total. The van der Waals surface area contributed by atoms with Crippen molar-refractivity contribution in [3.63, 3.8) is 0 Å². The number of aliphatic carboxylic acids is 1. The Hall–Kier alpha value is -2.04. The average Bonchev–Trinajstić information content (AvgIpc) is 2.10. The van der Waals surface area contributed by atoms with Crippen molar-refractivity contribution in [2.45, 2.75) is 6.42 Å². The molecule has 0 spiro atoms. The summed E-state index contributed by atoms with van der Waals surface area (Å²) in [6.07, 6.45) is 0.235. The van der Waals surface area contributed by atoms with Gasteiger partial charge in [-0.3, -0.25) is 9.59 Å². The smallest absolute Gasteiger partial charge is 0.307 e. The van der Waals surface area contributed by atoms with Crippen LogP contribution in [0.2, 0.25) is 0 Å². The van der Waals surface area contributed by atoms with E-state index in [2.05, 4.69) is 5.32 Å². The molecule has 0 atom stereocenters. The minimum Gasteiger partial charge on any atom is -0.508 e.